The van der Waals surface area contributed by atoms with Crippen molar-refractivity contribution in [2.24, 2.45) is 0 Å². The van der Waals surface area contributed by atoms with Gasteiger partial charge >= 0.3 is 6.09 Å². The largest absolute Gasteiger partial charge is 0.445 e. The summed E-state index contributed by atoms with van der Waals surface area (Å²) in [5.41, 5.74) is 2.56. The number of nitrogens with zero attached hydrogens (tertiary/aromatic N) is 1. The van der Waals surface area contributed by atoms with Crippen molar-refractivity contribution in [3.63, 3.8) is 0 Å². The fraction of sp³-hybridized carbons (Fsp3) is 0.222. The van der Waals surface area contributed by atoms with E-state index in [2.05, 4.69) is 10.3 Å². The minimum atomic E-state index is -0.428. The maximum absolute atomic E-state index is 11.5. The summed E-state index contributed by atoms with van der Waals surface area (Å²) in [6.07, 6.45) is 5.68. The second kappa shape index (κ2) is 9.38. The van der Waals surface area contributed by atoms with Crippen molar-refractivity contribution in [2.45, 2.75) is 19.6 Å². The van der Waals surface area contributed by atoms with E-state index in [1.807, 2.05) is 48.6 Å². The highest BCUT2D eigenvalue weighted by atomic mass is 16.5. The van der Waals surface area contributed by atoms with E-state index < -0.39 is 6.09 Å². The van der Waals surface area contributed by atoms with Gasteiger partial charge in [-0.3, -0.25) is 4.98 Å². The van der Waals surface area contributed by atoms with Crippen molar-refractivity contribution >= 4 is 12.2 Å². The van der Waals surface area contributed by atoms with Crippen LogP contribution in [0, 0.1) is 0 Å². The first-order chi connectivity index (χ1) is 11.3. The molecule has 23 heavy (non-hydrogen) atoms. The molecule has 5 heteroatoms. The number of amides is 1. The van der Waals surface area contributed by atoms with Gasteiger partial charge in [0, 0.05) is 12.7 Å². The van der Waals surface area contributed by atoms with Gasteiger partial charge in [-0.05, 0) is 35.8 Å². The molecule has 2 N–H and O–H groups in total. The number of carbonyl (C=O) groups excluding carboxylic acids is 1. The zero-order valence-electron chi connectivity index (χ0n) is 12.8. The van der Waals surface area contributed by atoms with E-state index in [1.54, 1.807) is 12.3 Å². The van der Waals surface area contributed by atoms with E-state index in [9.17, 15) is 4.79 Å². The summed E-state index contributed by atoms with van der Waals surface area (Å²) in [4.78, 5) is 15.7. The molecule has 1 heterocycles. The van der Waals surface area contributed by atoms with Crippen LogP contribution in [-0.4, -0.2) is 22.7 Å². The highest BCUT2D eigenvalue weighted by Gasteiger charge is 2.00. The molecular weight excluding hydrogens is 292 g/mol. The Morgan fingerprint density at radius 2 is 2.04 bits per heavy atom. The molecule has 0 atom stereocenters. The third-order valence-electron chi connectivity index (χ3n) is 3.11. The summed E-state index contributed by atoms with van der Waals surface area (Å²) in [6, 6.07) is 13.1. The lowest BCUT2D eigenvalue weighted by Crippen LogP contribution is -2.24. The first-order valence-corrected chi connectivity index (χ1v) is 7.45. The molecule has 1 aromatic carbocycles. The Hall–Kier alpha value is -2.66. The Morgan fingerprint density at radius 1 is 1.22 bits per heavy atom. The number of hydrogen-bond acceptors (Lipinski definition) is 4. The number of nitrogens with one attached hydrogen (secondary N) is 1. The summed E-state index contributed by atoms with van der Waals surface area (Å²) >= 11 is 0. The molecule has 120 valence electrons. The van der Waals surface area contributed by atoms with Gasteiger partial charge in [-0.25, -0.2) is 4.79 Å². The van der Waals surface area contributed by atoms with Crippen LogP contribution < -0.4 is 5.32 Å². The highest BCUT2D eigenvalue weighted by Crippen LogP contribution is 2.04. The number of rotatable bonds is 7. The van der Waals surface area contributed by atoms with Crippen molar-refractivity contribution in [2.75, 3.05) is 6.54 Å². The number of aromatic nitrogens is 1. The molecule has 0 bridgehead atoms. The summed E-state index contributed by atoms with van der Waals surface area (Å²) in [6.45, 7) is 0.752. The summed E-state index contributed by atoms with van der Waals surface area (Å²) < 4.78 is 5.11. The Labute approximate surface area is 135 Å². The molecule has 0 aliphatic heterocycles. The normalized spacial score (nSPS) is 10.7. The lowest BCUT2D eigenvalue weighted by Gasteiger charge is -2.05. The number of alkyl carbamates (subject to hydrolysis) is 1. The first-order valence-electron chi connectivity index (χ1n) is 7.45. The molecule has 1 amide bonds. The van der Waals surface area contributed by atoms with Crippen LogP contribution in [0.4, 0.5) is 4.79 Å². The number of hydrogen-bond donors (Lipinski definition) is 2. The van der Waals surface area contributed by atoms with Crippen molar-refractivity contribution in [3.8, 4) is 0 Å². The summed E-state index contributed by atoms with van der Waals surface area (Å²) in [5.74, 6) is 0. The molecule has 1 aromatic heterocycles. The number of carbonyl (C=O) groups is 1. The molecule has 0 unspecified atom stereocenters. The van der Waals surface area contributed by atoms with Crippen molar-refractivity contribution in [1.29, 1.82) is 0 Å². The van der Waals surface area contributed by atoms with Gasteiger partial charge in [-0.1, -0.05) is 36.4 Å². The minimum absolute atomic E-state index is 0.00181. The van der Waals surface area contributed by atoms with Crippen LogP contribution in [0.25, 0.3) is 6.08 Å². The average Bonchev–Trinajstić information content (AvgIpc) is 2.61. The van der Waals surface area contributed by atoms with Gasteiger partial charge < -0.3 is 15.2 Å². The second-order valence-corrected chi connectivity index (χ2v) is 4.93. The molecule has 0 saturated carbocycles. The lowest BCUT2D eigenvalue weighted by atomic mass is 10.2. The molecule has 0 saturated heterocycles. The highest BCUT2D eigenvalue weighted by molar-refractivity contribution is 5.67. The molecule has 0 aliphatic carbocycles. The third-order valence-corrected chi connectivity index (χ3v) is 3.11. The Morgan fingerprint density at radius 3 is 2.83 bits per heavy atom. The molecule has 0 radical (unpaired) electrons. The molecule has 5 nitrogen and oxygen atoms in total. The van der Waals surface area contributed by atoms with Gasteiger partial charge in [-0.15, -0.1) is 0 Å². The quantitative estimate of drug-likeness (QED) is 0.771. The van der Waals surface area contributed by atoms with Crippen LogP contribution in [0.2, 0.25) is 0 Å². The maximum atomic E-state index is 11.5. The van der Waals surface area contributed by atoms with Crippen molar-refractivity contribution < 1.29 is 14.6 Å². The van der Waals surface area contributed by atoms with E-state index in [4.69, 9.17) is 9.84 Å². The van der Waals surface area contributed by atoms with Gasteiger partial charge in [-0.2, -0.15) is 0 Å². The number of aliphatic hydroxyl groups excluding tert-OH is 1. The van der Waals surface area contributed by atoms with Gasteiger partial charge in [0.25, 0.3) is 0 Å². The SMILES string of the molecule is O=C(NCCC=Cc1cc(CO)ccn1)OCc1ccccc1. The molecule has 0 spiro atoms. The van der Waals surface area contributed by atoms with Crippen LogP contribution in [0.1, 0.15) is 23.2 Å². The molecule has 2 rings (SSSR count). The van der Waals surface area contributed by atoms with Gasteiger partial charge in [0.2, 0.25) is 0 Å². The van der Waals surface area contributed by atoms with Crippen LogP contribution in [0.3, 0.4) is 0 Å². The van der Waals surface area contributed by atoms with Gasteiger partial charge in [0.05, 0.1) is 12.3 Å². The number of benzene rings is 1. The topological polar surface area (TPSA) is 71.5 Å². The predicted molar refractivity (Wildman–Crippen MR) is 88.4 cm³/mol. The maximum Gasteiger partial charge on any atom is 0.407 e. The smallest absolute Gasteiger partial charge is 0.407 e. The van der Waals surface area contributed by atoms with E-state index in [-0.39, 0.29) is 13.2 Å². The molecule has 0 fully saturated rings. The van der Waals surface area contributed by atoms with E-state index in [1.165, 1.54) is 0 Å². The first kappa shape index (κ1) is 16.7. The fourth-order valence-electron chi connectivity index (χ4n) is 1.92. The molecule has 2 aromatic rings. The number of pyridine rings is 1. The second-order valence-electron chi connectivity index (χ2n) is 4.93. The van der Waals surface area contributed by atoms with Crippen LogP contribution in [-0.2, 0) is 18.0 Å². The van der Waals surface area contributed by atoms with Crippen molar-refractivity contribution in [1.82, 2.24) is 10.3 Å². The zero-order valence-corrected chi connectivity index (χ0v) is 12.8. The van der Waals surface area contributed by atoms with E-state index in [0.717, 1.165) is 16.8 Å². The fourth-order valence-corrected chi connectivity index (χ4v) is 1.92. The van der Waals surface area contributed by atoms with E-state index in [0.29, 0.717) is 13.0 Å². The summed E-state index contributed by atoms with van der Waals surface area (Å²) in [5, 5.41) is 11.7. The molecular formula is C18H20N2O3. The number of aliphatic hydroxyl groups is 1. The Bertz CT molecular complexity index is 642. The van der Waals surface area contributed by atoms with Gasteiger partial charge in [0.1, 0.15) is 6.61 Å². The molecule has 0 aliphatic rings. The summed E-state index contributed by atoms with van der Waals surface area (Å²) in [7, 11) is 0. The van der Waals surface area contributed by atoms with Crippen LogP contribution in [0.5, 0.6) is 0 Å². The van der Waals surface area contributed by atoms with Crippen LogP contribution in [0.15, 0.2) is 54.7 Å². The zero-order chi connectivity index (χ0) is 16.3. The standard InChI is InChI=1S/C18H20N2O3/c21-13-16-9-11-19-17(12-16)8-4-5-10-20-18(22)23-14-15-6-2-1-3-7-15/h1-4,6-9,11-12,21H,5,10,13-14H2,(H,20,22). The third kappa shape index (κ3) is 6.32. The average molecular weight is 312 g/mol. The van der Waals surface area contributed by atoms with E-state index >= 15 is 0 Å². The van der Waals surface area contributed by atoms with Gasteiger partial charge in [0.15, 0.2) is 0 Å². The lowest BCUT2D eigenvalue weighted by molar-refractivity contribution is 0.140. The minimum Gasteiger partial charge on any atom is -0.445 e. The van der Waals surface area contributed by atoms with Crippen LogP contribution >= 0.6 is 0 Å². The predicted octanol–water partition coefficient (Wildman–Crippen LogP) is 2.90. The Balaban J connectivity index is 1.64. The Kier molecular flexibility index (Phi) is 6.81. The monoisotopic (exact) mass is 312 g/mol. The number of ether oxygens (including phenoxy) is 1. The van der Waals surface area contributed by atoms with Crippen molar-refractivity contribution in [3.05, 3.63) is 71.6 Å².